The van der Waals surface area contributed by atoms with E-state index < -0.39 is 0 Å². The Hall–Kier alpha value is -2.82. The van der Waals surface area contributed by atoms with Crippen molar-refractivity contribution in [1.29, 1.82) is 0 Å². The number of hydrogen-bond donors (Lipinski definition) is 0. The van der Waals surface area contributed by atoms with E-state index in [4.69, 9.17) is 4.74 Å². The summed E-state index contributed by atoms with van der Waals surface area (Å²) >= 11 is 0. The number of ether oxygens (including phenoxy) is 1. The van der Waals surface area contributed by atoms with Crippen molar-refractivity contribution in [2.24, 2.45) is 0 Å². The second-order valence-corrected chi connectivity index (χ2v) is 7.01. The zero-order chi connectivity index (χ0) is 19.2. The topological polar surface area (TPSA) is 55.6 Å². The zero-order valence-corrected chi connectivity index (χ0v) is 15.9. The normalized spacial score (nSPS) is 15.0. The molecule has 0 aromatic heterocycles. The number of methoxy groups -OCH3 is 1. The average Bonchev–Trinajstić information content (AvgIpc) is 2.72. The first-order valence-corrected chi connectivity index (χ1v) is 9.37. The van der Waals surface area contributed by atoms with Gasteiger partial charge in [0.25, 0.3) is 5.69 Å². The lowest BCUT2D eigenvalue weighted by Crippen LogP contribution is -2.26. The number of benzene rings is 2. The van der Waals surface area contributed by atoms with E-state index in [1.165, 1.54) is 18.4 Å². The highest BCUT2D eigenvalue weighted by atomic mass is 16.6. The van der Waals surface area contributed by atoms with E-state index in [0.29, 0.717) is 0 Å². The molecule has 5 heteroatoms. The molecule has 0 heterocycles. The zero-order valence-electron chi connectivity index (χ0n) is 15.9. The van der Waals surface area contributed by atoms with Crippen LogP contribution >= 0.6 is 0 Å². The van der Waals surface area contributed by atoms with E-state index in [0.717, 1.165) is 36.4 Å². The Bertz CT molecular complexity index is 815. The van der Waals surface area contributed by atoms with Crippen LogP contribution in [0, 0.1) is 10.1 Å². The van der Waals surface area contributed by atoms with Gasteiger partial charge >= 0.3 is 0 Å². The molecular weight excluding hydrogens is 340 g/mol. The SMILES string of the molecule is COc1ccc(N(C)CC(C2=CCCCC2)c2cccc([N+](=O)[O-])c2)cc1. The molecule has 1 aliphatic carbocycles. The quantitative estimate of drug-likeness (QED) is 0.378. The lowest BCUT2D eigenvalue weighted by Gasteiger charge is -2.29. The molecule has 1 atom stereocenters. The summed E-state index contributed by atoms with van der Waals surface area (Å²) in [5.74, 6) is 0.981. The van der Waals surface area contributed by atoms with Crippen LogP contribution in [-0.4, -0.2) is 25.6 Å². The maximum atomic E-state index is 11.2. The van der Waals surface area contributed by atoms with Crippen molar-refractivity contribution in [3.8, 4) is 5.75 Å². The molecule has 27 heavy (non-hydrogen) atoms. The summed E-state index contributed by atoms with van der Waals surface area (Å²) in [4.78, 5) is 13.1. The summed E-state index contributed by atoms with van der Waals surface area (Å²) in [6.45, 7) is 0.777. The Labute approximate surface area is 160 Å². The van der Waals surface area contributed by atoms with Gasteiger partial charge in [0, 0.05) is 37.3 Å². The van der Waals surface area contributed by atoms with E-state index in [1.807, 2.05) is 30.3 Å². The second-order valence-electron chi connectivity index (χ2n) is 7.01. The van der Waals surface area contributed by atoms with Gasteiger partial charge in [-0.2, -0.15) is 0 Å². The predicted molar refractivity (Wildman–Crippen MR) is 109 cm³/mol. The minimum absolute atomic E-state index is 0.150. The van der Waals surface area contributed by atoms with Crippen molar-refractivity contribution in [3.05, 3.63) is 75.9 Å². The first-order valence-electron chi connectivity index (χ1n) is 9.37. The van der Waals surface area contributed by atoms with Crippen molar-refractivity contribution < 1.29 is 9.66 Å². The lowest BCUT2D eigenvalue weighted by molar-refractivity contribution is -0.384. The molecule has 2 aromatic carbocycles. The van der Waals surface area contributed by atoms with Gasteiger partial charge in [0.2, 0.25) is 0 Å². The monoisotopic (exact) mass is 366 g/mol. The van der Waals surface area contributed by atoms with Crippen LogP contribution in [0.2, 0.25) is 0 Å². The molecule has 3 rings (SSSR count). The molecule has 0 N–H and O–H groups in total. The van der Waals surface area contributed by atoms with Gasteiger partial charge in [-0.3, -0.25) is 10.1 Å². The Morgan fingerprint density at radius 3 is 2.59 bits per heavy atom. The minimum Gasteiger partial charge on any atom is -0.497 e. The van der Waals surface area contributed by atoms with E-state index in [2.05, 4.69) is 18.0 Å². The van der Waals surface area contributed by atoms with Crippen molar-refractivity contribution >= 4 is 11.4 Å². The first-order chi connectivity index (χ1) is 13.1. The van der Waals surface area contributed by atoms with Crippen LogP contribution in [0.5, 0.6) is 5.75 Å². The highest BCUT2D eigenvalue weighted by molar-refractivity contribution is 5.50. The largest absolute Gasteiger partial charge is 0.497 e. The number of allylic oxidation sites excluding steroid dienone is 1. The number of anilines is 1. The number of hydrogen-bond acceptors (Lipinski definition) is 4. The van der Waals surface area contributed by atoms with Gasteiger partial charge in [-0.1, -0.05) is 23.8 Å². The van der Waals surface area contributed by atoms with E-state index in [9.17, 15) is 10.1 Å². The van der Waals surface area contributed by atoms with Crippen molar-refractivity contribution in [1.82, 2.24) is 0 Å². The Morgan fingerprint density at radius 2 is 1.96 bits per heavy atom. The average molecular weight is 366 g/mol. The summed E-state index contributed by atoms with van der Waals surface area (Å²) in [6, 6.07) is 15.1. The fourth-order valence-corrected chi connectivity index (χ4v) is 3.69. The van der Waals surface area contributed by atoms with Gasteiger partial charge in [0.05, 0.1) is 12.0 Å². The number of nitrogens with zero attached hydrogens (tertiary/aromatic N) is 2. The summed E-state index contributed by atoms with van der Waals surface area (Å²) in [5, 5.41) is 11.2. The van der Waals surface area contributed by atoms with Crippen LogP contribution < -0.4 is 9.64 Å². The van der Waals surface area contributed by atoms with Crippen LogP contribution in [0.25, 0.3) is 0 Å². The van der Waals surface area contributed by atoms with Crippen LogP contribution in [0.4, 0.5) is 11.4 Å². The molecule has 1 unspecified atom stereocenters. The third-order valence-corrected chi connectivity index (χ3v) is 5.23. The van der Waals surface area contributed by atoms with Gasteiger partial charge in [0.15, 0.2) is 0 Å². The van der Waals surface area contributed by atoms with Gasteiger partial charge in [-0.25, -0.2) is 0 Å². The third-order valence-electron chi connectivity index (χ3n) is 5.23. The van der Waals surface area contributed by atoms with E-state index >= 15 is 0 Å². The smallest absolute Gasteiger partial charge is 0.269 e. The van der Waals surface area contributed by atoms with Crippen molar-refractivity contribution in [2.45, 2.75) is 31.6 Å². The maximum absolute atomic E-state index is 11.2. The molecule has 0 amide bonds. The second kappa shape index (κ2) is 8.71. The summed E-state index contributed by atoms with van der Waals surface area (Å²) in [6.07, 6.45) is 6.88. The molecule has 0 bridgehead atoms. The van der Waals surface area contributed by atoms with Crippen LogP contribution in [0.1, 0.15) is 37.2 Å². The number of rotatable bonds is 7. The lowest BCUT2D eigenvalue weighted by atomic mass is 9.84. The Kier molecular flexibility index (Phi) is 6.12. The molecule has 0 saturated heterocycles. The van der Waals surface area contributed by atoms with Crippen LogP contribution in [-0.2, 0) is 0 Å². The van der Waals surface area contributed by atoms with Crippen molar-refractivity contribution in [3.63, 3.8) is 0 Å². The van der Waals surface area contributed by atoms with E-state index in [-0.39, 0.29) is 16.5 Å². The molecular formula is C22H26N2O3. The standard InChI is InChI=1S/C22H26N2O3/c1-23(19-11-13-21(27-2)14-12-19)16-22(17-7-4-3-5-8-17)18-9-6-10-20(15-18)24(25)26/h6-7,9-15,22H,3-5,8,16H2,1-2H3. The molecule has 0 aliphatic heterocycles. The fraction of sp³-hybridized carbons (Fsp3) is 0.364. The number of non-ortho nitro benzene ring substituents is 1. The summed E-state index contributed by atoms with van der Waals surface area (Å²) in [5.41, 5.74) is 3.66. The maximum Gasteiger partial charge on any atom is 0.269 e. The van der Waals surface area contributed by atoms with Gasteiger partial charge in [0.1, 0.15) is 5.75 Å². The van der Waals surface area contributed by atoms with Gasteiger partial charge in [-0.15, -0.1) is 0 Å². The fourth-order valence-electron chi connectivity index (χ4n) is 3.69. The first kappa shape index (κ1) is 19.0. The van der Waals surface area contributed by atoms with Crippen LogP contribution in [0.15, 0.2) is 60.2 Å². The third kappa shape index (κ3) is 4.67. The molecule has 2 aromatic rings. The van der Waals surface area contributed by atoms with E-state index in [1.54, 1.807) is 25.3 Å². The number of nitro groups is 1. The van der Waals surface area contributed by atoms with Gasteiger partial charge in [-0.05, 0) is 55.5 Å². The summed E-state index contributed by atoms with van der Waals surface area (Å²) in [7, 11) is 3.72. The molecule has 0 fully saturated rings. The molecule has 5 nitrogen and oxygen atoms in total. The number of likely N-dealkylation sites (N-methyl/N-ethyl adjacent to an activating group) is 1. The predicted octanol–water partition coefficient (Wildman–Crippen LogP) is 5.32. The van der Waals surface area contributed by atoms with Crippen LogP contribution in [0.3, 0.4) is 0 Å². The molecule has 1 aliphatic rings. The van der Waals surface area contributed by atoms with Gasteiger partial charge < -0.3 is 9.64 Å². The molecule has 142 valence electrons. The van der Waals surface area contributed by atoms with Crippen molar-refractivity contribution in [2.75, 3.05) is 25.6 Å². The highest BCUT2D eigenvalue weighted by Gasteiger charge is 2.22. The molecule has 0 spiro atoms. The Balaban J connectivity index is 1.88. The molecule has 0 radical (unpaired) electrons. The minimum atomic E-state index is -0.316. The Morgan fingerprint density at radius 1 is 1.19 bits per heavy atom. The number of nitro benzene ring substituents is 1. The summed E-state index contributed by atoms with van der Waals surface area (Å²) < 4.78 is 5.24. The molecule has 0 saturated carbocycles. The highest BCUT2D eigenvalue weighted by Crippen LogP contribution is 2.34.